The number of carbonyl (C=O) groups excluding carboxylic acids is 1. The van der Waals surface area contributed by atoms with E-state index in [0.29, 0.717) is 0 Å². The van der Waals surface area contributed by atoms with Gasteiger partial charge in [0.2, 0.25) is 0 Å². The number of likely N-dealkylation sites (tertiary alicyclic amines) is 1. The summed E-state index contributed by atoms with van der Waals surface area (Å²) in [6.45, 7) is 4.63. The molecular formula is C21H26N2O. The van der Waals surface area contributed by atoms with E-state index in [4.69, 9.17) is 0 Å². The van der Waals surface area contributed by atoms with Crippen molar-refractivity contribution in [3.05, 3.63) is 54.1 Å². The van der Waals surface area contributed by atoms with E-state index < -0.39 is 0 Å². The zero-order valence-electron chi connectivity index (χ0n) is 14.2. The summed E-state index contributed by atoms with van der Waals surface area (Å²) in [6, 6.07) is 16.0. The van der Waals surface area contributed by atoms with E-state index in [2.05, 4.69) is 22.3 Å². The van der Waals surface area contributed by atoms with Crippen LogP contribution in [0.25, 0.3) is 11.1 Å². The van der Waals surface area contributed by atoms with Crippen LogP contribution in [0.2, 0.25) is 0 Å². The average molecular weight is 322 g/mol. The van der Waals surface area contributed by atoms with Crippen molar-refractivity contribution in [3.63, 3.8) is 0 Å². The molecule has 0 unspecified atom stereocenters. The van der Waals surface area contributed by atoms with Gasteiger partial charge in [-0.15, -0.1) is 0 Å². The molecule has 2 aromatic carbocycles. The van der Waals surface area contributed by atoms with Gasteiger partial charge in [0.05, 0.1) is 0 Å². The van der Waals surface area contributed by atoms with Crippen LogP contribution < -0.4 is 5.32 Å². The first-order chi connectivity index (χ1) is 11.9. The fourth-order valence-corrected chi connectivity index (χ4v) is 3.43. The minimum atomic E-state index is 0.736. The highest BCUT2D eigenvalue weighted by atomic mass is 16.1. The maximum Gasteiger partial charge on any atom is 0.150 e. The first-order valence-corrected chi connectivity index (χ1v) is 8.98. The fraction of sp³-hybridized carbons (Fsp3) is 0.381. The molecule has 0 aromatic heterocycles. The molecule has 1 aliphatic rings. The van der Waals surface area contributed by atoms with Crippen LogP contribution in [0, 0.1) is 0 Å². The Balaban J connectivity index is 1.63. The normalized spacial score (nSPS) is 15.2. The minimum Gasteiger partial charge on any atom is -0.384 e. The summed E-state index contributed by atoms with van der Waals surface area (Å²) < 4.78 is 0. The summed E-state index contributed by atoms with van der Waals surface area (Å²) in [4.78, 5) is 13.9. The molecule has 1 saturated heterocycles. The molecular weight excluding hydrogens is 296 g/mol. The standard InChI is InChI=1S/C21H26N2O/c24-17-18-9-2-3-10-19(18)20-11-4-5-12-21(20)22-13-8-16-23-14-6-1-7-15-23/h2-5,9-12,17,22H,1,6-8,13-16H2. The third-order valence-corrected chi connectivity index (χ3v) is 4.72. The first kappa shape index (κ1) is 16.7. The number of carbonyl (C=O) groups is 1. The lowest BCUT2D eigenvalue weighted by atomic mass is 9.99. The molecule has 3 rings (SSSR count). The second kappa shape index (κ2) is 8.65. The summed E-state index contributed by atoms with van der Waals surface area (Å²) >= 11 is 0. The first-order valence-electron chi connectivity index (χ1n) is 8.98. The molecule has 0 spiro atoms. The number of aldehydes is 1. The van der Waals surface area contributed by atoms with Gasteiger partial charge < -0.3 is 10.2 Å². The summed E-state index contributed by atoms with van der Waals surface area (Å²) in [5.74, 6) is 0. The highest BCUT2D eigenvalue weighted by Crippen LogP contribution is 2.29. The van der Waals surface area contributed by atoms with Crippen LogP contribution in [0.3, 0.4) is 0 Å². The molecule has 1 fully saturated rings. The molecule has 3 heteroatoms. The Morgan fingerprint density at radius 2 is 1.62 bits per heavy atom. The molecule has 0 amide bonds. The van der Waals surface area contributed by atoms with E-state index in [1.54, 1.807) is 0 Å². The highest BCUT2D eigenvalue weighted by molar-refractivity contribution is 5.91. The van der Waals surface area contributed by atoms with Crippen LogP contribution in [0.4, 0.5) is 5.69 Å². The zero-order valence-corrected chi connectivity index (χ0v) is 14.2. The van der Waals surface area contributed by atoms with Gasteiger partial charge in [-0.1, -0.05) is 48.9 Å². The molecule has 0 atom stereocenters. The van der Waals surface area contributed by atoms with E-state index in [9.17, 15) is 4.79 Å². The number of para-hydroxylation sites is 1. The molecule has 1 N–H and O–H groups in total. The quantitative estimate of drug-likeness (QED) is 0.603. The Hall–Kier alpha value is -2.13. The average Bonchev–Trinajstić information content (AvgIpc) is 2.66. The van der Waals surface area contributed by atoms with Gasteiger partial charge in [-0.05, 0) is 50.5 Å². The smallest absolute Gasteiger partial charge is 0.150 e. The zero-order chi connectivity index (χ0) is 16.6. The van der Waals surface area contributed by atoms with Crippen LogP contribution in [-0.2, 0) is 0 Å². The van der Waals surface area contributed by atoms with Crippen molar-refractivity contribution in [1.82, 2.24) is 4.90 Å². The topological polar surface area (TPSA) is 32.3 Å². The van der Waals surface area contributed by atoms with Crippen molar-refractivity contribution in [3.8, 4) is 11.1 Å². The highest BCUT2D eigenvalue weighted by Gasteiger charge is 2.10. The van der Waals surface area contributed by atoms with Crippen molar-refractivity contribution in [1.29, 1.82) is 0 Å². The van der Waals surface area contributed by atoms with E-state index in [1.807, 2.05) is 36.4 Å². The molecule has 3 nitrogen and oxygen atoms in total. The number of rotatable bonds is 7. The SMILES string of the molecule is O=Cc1ccccc1-c1ccccc1NCCCN1CCCCC1. The Morgan fingerprint density at radius 3 is 2.42 bits per heavy atom. The van der Waals surface area contributed by atoms with Crippen LogP contribution in [0.15, 0.2) is 48.5 Å². The number of piperidine rings is 1. The van der Waals surface area contributed by atoms with Gasteiger partial charge >= 0.3 is 0 Å². The van der Waals surface area contributed by atoms with E-state index in [1.165, 1.54) is 38.9 Å². The number of nitrogens with zero attached hydrogens (tertiary/aromatic N) is 1. The predicted molar refractivity (Wildman–Crippen MR) is 101 cm³/mol. The van der Waals surface area contributed by atoms with Crippen molar-refractivity contribution >= 4 is 12.0 Å². The molecule has 1 aliphatic heterocycles. The lowest BCUT2D eigenvalue weighted by Crippen LogP contribution is -2.31. The Labute approximate surface area is 144 Å². The van der Waals surface area contributed by atoms with Gasteiger partial charge in [0.25, 0.3) is 0 Å². The van der Waals surface area contributed by atoms with Crippen LogP contribution in [0.1, 0.15) is 36.0 Å². The summed E-state index contributed by atoms with van der Waals surface area (Å²) in [6.07, 6.45) is 6.15. The summed E-state index contributed by atoms with van der Waals surface area (Å²) in [5.41, 5.74) is 3.93. The van der Waals surface area contributed by atoms with Gasteiger partial charge in [-0.3, -0.25) is 4.79 Å². The largest absolute Gasteiger partial charge is 0.384 e. The van der Waals surface area contributed by atoms with Gasteiger partial charge in [0.1, 0.15) is 0 Å². The molecule has 126 valence electrons. The van der Waals surface area contributed by atoms with Gasteiger partial charge in [-0.2, -0.15) is 0 Å². The fourth-order valence-electron chi connectivity index (χ4n) is 3.43. The number of anilines is 1. The van der Waals surface area contributed by atoms with Crippen LogP contribution in [0.5, 0.6) is 0 Å². The van der Waals surface area contributed by atoms with E-state index in [-0.39, 0.29) is 0 Å². The minimum absolute atomic E-state index is 0.736. The molecule has 0 aliphatic carbocycles. The van der Waals surface area contributed by atoms with Crippen molar-refractivity contribution in [2.75, 3.05) is 31.5 Å². The van der Waals surface area contributed by atoms with Crippen molar-refractivity contribution < 1.29 is 4.79 Å². The Kier molecular flexibility index (Phi) is 6.02. The number of hydrogen-bond acceptors (Lipinski definition) is 3. The van der Waals surface area contributed by atoms with Gasteiger partial charge in [0.15, 0.2) is 6.29 Å². The van der Waals surface area contributed by atoms with Crippen molar-refractivity contribution in [2.24, 2.45) is 0 Å². The van der Waals surface area contributed by atoms with E-state index in [0.717, 1.165) is 41.6 Å². The molecule has 24 heavy (non-hydrogen) atoms. The second-order valence-corrected chi connectivity index (χ2v) is 6.43. The maximum atomic E-state index is 11.3. The maximum absolute atomic E-state index is 11.3. The molecule has 0 bridgehead atoms. The van der Waals surface area contributed by atoms with Crippen LogP contribution >= 0.6 is 0 Å². The number of hydrogen-bond donors (Lipinski definition) is 1. The van der Waals surface area contributed by atoms with Gasteiger partial charge in [-0.25, -0.2) is 0 Å². The monoisotopic (exact) mass is 322 g/mol. The Morgan fingerprint density at radius 1 is 0.917 bits per heavy atom. The van der Waals surface area contributed by atoms with E-state index >= 15 is 0 Å². The second-order valence-electron chi connectivity index (χ2n) is 6.43. The van der Waals surface area contributed by atoms with Crippen molar-refractivity contribution in [2.45, 2.75) is 25.7 Å². The lowest BCUT2D eigenvalue weighted by molar-refractivity contribution is 0.112. The molecule has 0 saturated carbocycles. The third-order valence-electron chi connectivity index (χ3n) is 4.72. The summed E-state index contributed by atoms with van der Waals surface area (Å²) in [5, 5.41) is 3.56. The molecule has 2 aromatic rings. The Bertz CT molecular complexity index is 662. The summed E-state index contributed by atoms with van der Waals surface area (Å²) in [7, 11) is 0. The third kappa shape index (κ3) is 4.24. The predicted octanol–water partition coefficient (Wildman–Crippen LogP) is 4.45. The number of benzene rings is 2. The molecule has 1 heterocycles. The number of nitrogens with one attached hydrogen (secondary N) is 1. The van der Waals surface area contributed by atoms with Crippen LogP contribution in [-0.4, -0.2) is 37.4 Å². The lowest BCUT2D eigenvalue weighted by Gasteiger charge is -2.26. The molecule has 0 radical (unpaired) electrons. The van der Waals surface area contributed by atoms with Gasteiger partial charge in [0, 0.05) is 23.4 Å².